The maximum absolute atomic E-state index is 12.1. The molecule has 0 aromatic heterocycles. The van der Waals surface area contributed by atoms with Crippen LogP contribution >= 0.6 is 11.8 Å². The van der Waals surface area contributed by atoms with E-state index in [1.54, 1.807) is 11.8 Å². The Morgan fingerprint density at radius 1 is 1.26 bits per heavy atom. The van der Waals surface area contributed by atoms with Crippen LogP contribution in [0, 0.1) is 0 Å². The Kier molecular flexibility index (Phi) is 5.08. The minimum Gasteiger partial charge on any atom is -0.385 e. The van der Waals surface area contributed by atoms with E-state index < -0.39 is 0 Å². The summed E-state index contributed by atoms with van der Waals surface area (Å²) in [5.74, 6) is 0. The number of thioether (sulfide) groups is 1. The van der Waals surface area contributed by atoms with Gasteiger partial charge in [0.05, 0.1) is 0 Å². The van der Waals surface area contributed by atoms with Gasteiger partial charge in [0.1, 0.15) is 0 Å². The highest BCUT2D eigenvalue weighted by Gasteiger charge is 2.12. The van der Waals surface area contributed by atoms with Gasteiger partial charge in [0.15, 0.2) is 0 Å². The van der Waals surface area contributed by atoms with E-state index in [0.29, 0.717) is 6.54 Å². The number of amides is 2. The second-order valence-corrected chi connectivity index (χ2v) is 6.39. The molecule has 3 N–H and O–H groups in total. The van der Waals surface area contributed by atoms with Crippen molar-refractivity contribution >= 4 is 29.2 Å². The zero-order valence-electron chi connectivity index (χ0n) is 13.2. The van der Waals surface area contributed by atoms with Crippen LogP contribution in [0.3, 0.4) is 0 Å². The Labute approximate surface area is 141 Å². The summed E-state index contributed by atoms with van der Waals surface area (Å²) in [5.41, 5.74) is 4.51. The second-order valence-electron chi connectivity index (χ2n) is 5.51. The SMILES string of the molecule is CSc1cccc(NC(=O)NCc2cccc3c2CCCN3)c1. The molecule has 1 aliphatic heterocycles. The van der Waals surface area contributed by atoms with E-state index >= 15 is 0 Å². The van der Waals surface area contributed by atoms with Crippen LogP contribution in [0.15, 0.2) is 47.4 Å². The van der Waals surface area contributed by atoms with Crippen LogP contribution in [0.25, 0.3) is 0 Å². The van der Waals surface area contributed by atoms with Crippen molar-refractivity contribution in [1.82, 2.24) is 5.32 Å². The molecule has 0 radical (unpaired) electrons. The van der Waals surface area contributed by atoms with Crippen LogP contribution < -0.4 is 16.0 Å². The maximum Gasteiger partial charge on any atom is 0.319 e. The van der Waals surface area contributed by atoms with Crippen LogP contribution in [0.2, 0.25) is 0 Å². The molecule has 2 aromatic rings. The Bertz CT molecular complexity index is 702. The third kappa shape index (κ3) is 3.99. The molecule has 0 atom stereocenters. The lowest BCUT2D eigenvalue weighted by molar-refractivity contribution is 0.251. The summed E-state index contributed by atoms with van der Waals surface area (Å²) < 4.78 is 0. The topological polar surface area (TPSA) is 53.2 Å². The summed E-state index contributed by atoms with van der Waals surface area (Å²) in [6.07, 6.45) is 4.22. The Balaban J connectivity index is 1.61. The van der Waals surface area contributed by atoms with Crippen LogP contribution in [-0.2, 0) is 13.0 Å². The second kappa shape index (κ2) is 7.42. The van der Waals surface area contributed by atoms with E-state index in [0.717, 1.165) is 30.0 Å². The first-order valence-electron chi connectivity index (χ1n) is 7.80. The standard InChI is InChI=1S/C18H21N3OS/c1-23-15-7-3-6-14(11-15)21-18(22)20-12-13-5-2-9-17-16(13)8-4-10-19-17/h2-3,5-7,9,11,19H,4,8,10,12H2,1H3,(H2,20,21,22). The first-order chi connectivity index (χ1) is 11.3. The molecule has 0 unspecified atom stereocenters. The Hall–Kier alpha value is -2.14. The lowest BCUT2D eigenvalue weighted by Crippen LogP contribution is -2.29. The summed E-state index contributed by atoms with van der Waals surface area (Å²) in [6.45, 7) is 1.56. The number of rotatable bonds is 4. The van der Waals surface area contributed by atoms with E-state index in [4.69, 9.17) is 0 Å². The van der Waals surface area contributed by atoms with Gasteiger partial charge in [-0.05, 0) is 54.5 Å². The van der Waals surface area contributed by atoms with Crippen molar-refractivity contribution in [2.24, 2.45) is 0 Å². The summed E-state index contributed by atoms with van der Waals surface area (Å²) in [5, 5.41) is 9.25. The smallest absolute Gasteiger partial charge is 0.319 e. The number of anilines is 2. The number of hydrogen-bond acceptors (Lipinski definition) is 3. The summed E-state index contributed by atoms with van der Waals surface area (Å²) in [7, 11) is 0. The van der Waals surface area contributed by atoms with E-state index in [1.165, 1.54) is 16.8 Å². The zero-order chi connectivity index (χ0) is 16.1. The molecule has 1 heterocycles. The average Bonchev–Trinajstić information content (AvgIpc) is 2.60. The van der Waals surface area contributed by atoms with Gasteiger partial charge in [0.2, 0.25) is 0 Å². The molecule has 0 spiro atoms. The fraction of sp³-hybridized carbons (Fsp3) is 0.278. The van der Waals surface area contributed by atoms with Crippen molar-refractivity contribution in [2.45, 2.75) is 24.3 Å². The lowest BCUT2D eigenvalue weighted by Gasteiger charge is -2.21. The van der Waals surface area contributed by atoms with Crippen LogP contribution in [0.5, 0.6) is 0 Å². The van der Waals surface area contributed by atoms with E-state index in [2.05, 4.69) is 28.1 Å². The molecule has 3 rings (SSSR count). The molecule has 4 nitrogen and oxygen atoms in total. The van der Waals surface area contributed by atoms with Crippen molar-refractivity contribution in [3.05, 3.63) is 53.6 Å². The van der Waals surface area contributed by atoms with Crippen LogP contribution in [0.1, 0.15) is 17.5 Å². The van der Waals surface area contributed by atoms with Gasteiger partial charge in [0, 0.05) is 29.4 Å². The van der Waals surface area contributed by atoms with E-state index in [1.807, 2.05) is 36.6 Å². The van der Waals surface area contributed by atoms with Gasteiger partial charge >= 0.3 is 6.03 Å². The number of hydrogen-bond donors (Lipinski definition) is 3. The third-order valence-corrected chi connectivity index (χ3v) is 4.68. The molecule has 2 amide bonds. The maximum atomic E-state index is 12.1. The van der Waals surface area contributed by atoms with Gasteiger partial charge in [0.25, 0.3) is 0 Å². The summed E-state index contributed by atoms with van der Waals surface area (Å²) in [4.78, 5) is 13.2. The molecule has 0 saturated heterocycles. The van der Waals surface area contributed by atoms with E-state index in [9.17, 15) is 4.79 Å². The zero-order valence-corrected chi connectivity index (χ0v) is 14.0. The number of fused-ring (bicyclic) bond motifs is 1. The minimum atomic E-state index is -0.176. The summed E-state index contributed by atoms with van der Waals surface area (Å²) >= 11 is 1.66. The van der Waals surface area contributed by atoms with E-state index in [-0.39, 0.29) is 6.03 Å². The normalized spacial score (nSPS) is 12.9. The molecule has 0 fully saturated rings. The minimum absolute atomic E-state index is 0.176. The largest absolute Gasteiger partial charge is 0.385 e. The number of carbonyl (C=O) groups excluding carboxylic acids is 1. The fourth-order valence-electron chi connectivity index (χ4n) is 2.80. The average molecular weight is 327 g/mol. The third-order valence-electron chi connectivity index (χ3n) is 3.96. The van der Waals surface area contributed by atoms with Crippen LogP contribution in [-0.4, -0.2) is 18.8 Å². The van der Waals surface area contributed by atoms with Gasteiger partial charge in [-0.15, -0.1) is 11.8 Å². The van der Waals surface area contributed by atoms with Crippen molar-refractivity contribution in [3.63, 3.8) is 0 Å². The van der Waals surface area contributed by atoms with Crippen molar-refractivity contribution < 1.29 is 4.79 Å². The predicted molar refractivity (Wildman–Crippen MR) is 97.3 cm³/mol. The van der Waals surface area contributed by atoms with Gasteiger partial charge in [-0.3, -0.25) is 0 Å². The van der Waals surface area contributed by atoms with Crippen molar-refractivity contribution in [2.75, 3.05) is 23.4 Å². The highest BCUT2D eigenvalue weighted by atomic mass is 32.2. The molecular weight excluding hydrogens is 306 g/mol. The van der Waals surface area contributed by atoms with Crippen molar-refractivity contribution in [1.29, 1.82) is 0 Å². The van der Waals surface area contributed by atoms with Gasteiger partial charge in [-0.2, -0.15) is 0 Å². The molecule has 2 aromatic carbocycles. The fourth-order valence-corrected chi connectivity index (χ4v) is 3.26. The molecule has 0 aliphatic carbocycles. The predicted octanol–water partition coefficient (Wildman–Crippen LogP) is 4.09. The Morgan fingerprint density at radius 3 is 3.00 bits per heavy atom. The van der Waals surface area contributed by atoms with Gasteiger partial charge in [-0.1, -0.05) is 18.2 Å². The number of benzene rings is 2. The first-order valence-corrected chi connectivity index (χ1v) is 9.02. The summed E-state index contributed by atoms with van der Waals surface area (Å²) in [6, 6.07) is 13.9. The highest BCUT2D eigenvalue weighted by molar-refractivity contribution is 7.98. The molecule has 1 aliphatic rings. The molecule has 0 bridgehead atoms. The van der Waals surface area contributed by atoms with Crippen molar-refractivity contribution in [3.8, 4) is 0 Å². The first kappa shape index (κ1) is 15.7. The Morgan fingerprint density at radius 2 is 2.13 bits per heavy atom. The molecule has 5 heteroatoms. The molecule has 23 heavy (non-hydrogen) atoms. The molecular formula is C18H21N3OS. The van der Waals surface area contributed by atoms with Gasteiger partial charge in [-0.25, -0.2) is 4.79 Å². The van der Waals surface area contributed by atoms with Crippen LogP contribution in [0.4, 0.5) is 16.2 Å². The number of carbonyl (C=O) groups is 1. The molecule has 0 saturated carbocycles. The monoisotopic (exact) mass is 327 g/mol. The molecule has 120 valence electrons. The number of nitrogens with one attached hydrogen (secondary N) is 3. The van der Waals surface area contributed by atoms with Gasteiger partial charge < -0.3 is 16.0 Å². The highest BCUT2D eigenvalue weighted by Crippen LogP contribution is 2.25. The number of urea groups is 1. The lowest BCUT2D eigenvalue weighted by atomic mass is 9.97. The quantitative estimate of drug-likeness (QED) is 0.742.